The molecule has 0 amide bonds. The van der Waals surface area contributed by atoms with E-state index in [-0.39, 0.29) is 19.4 Å². The average Bonchev–Trinajstić information content (AvgIpc) is 3.25. The van der Waals surface area contributed by atoms with Crippen molar-refractivity contribution in [3.63, 3.8) is 0 Å². The first-order valence-electron chi connectivity index (χ1n) is 24.6. The summed E-state index contributed by atoms with van der Waals surface area (Å²) in [6.07, 6.45) is 50.7. The van der Waals surface area contributed by atoms with Gasteiger partial charge in [-0.3, -0.25) is 18.6 Å². The lowest BCUT2D eigenvalue weighted by Gasteiger charge is -2.20. The molecule has 0 aliphatic carbocycles. The monoisotopic (exact) mass is 883 g/mol. The van der Waals surface area contributed by atoms with Gasteiger partial charge in [-0.15, -0.1) is 0 Å². The molecule has 0 rings (SSSR count). The van der Waals surface area contributed by atoms with Crippen LogP contribution in [0.15, 0.2) is 48.6 Å². The number of hydrogen-bond donors (Lipinski definition) is 3. The number of phosphoric ester groups is 1. The van der Waals surface area contributed by atoms with Crippen molar-refractivity contribution < 1.29 is 47.8 Å². The van der Waals surface area contributed by atoms with Gasteiger partial charge in [-0.1, -0.05) is 197 Å². The van der Waals surface area contributed by atoms with Gasteiger partial charge in [-0.05, 0) is 57.8 Å². The number of aliphatic hydroxyl groups is 2. The van der Waals surface area contributed by atoms with E-state index in [2.05, 4.69) is 62.5 Å². The number of carbonyl (C=O) groups excluding carboxylic acids is 2. The highest BCUT2D eigenvalue weighted by atomic mass is 31.2. The van der Waals surface area contributed by atoms with Crippen molar-refractivity contribution in [3.8, 4) is 0 Å². The molecule has 0 radical (unpaired) electrons. The molecule has 0 aromatic heterocycles. The Morgan fingerprint density at radius 1 is 0.492 bits per heavy atom. The summed E-state index contributed by atoms with van der Waals surface area (Å²) < 4.78 is 32.8. The minimum atomic E-state index is -4.63. The highest BCUT2D eigenvalue weighted by Crippen LogP contribution is 2.43. The lowest BCUT2D eigenvalue weighted by Crippen LogP contribution is -2.29. The number of unbranched alkanes of at least 4 members (excludes halogenated alkanes) is 24. The number of carbonyl (C=O) groups is 2. The first kappa shape index (κ1) is 58.9. The van der Waals surface area contributed by atoms with Crippen LogP contribution in [0.4, 0.5) is 0 Å². The van der Waals surface area contributed by atoms with Gasteiger partial charge in [0, 0.05) is 12.8 Å². The van der Waals surface area contributed by atoms with Crippen molar-refractivity contribution in [3.05, 3.63) is 48.6 Å². The van der Waals surface area contributed by atoms with Crippen molar-refractivity contribution in [2.45, 2.75) is 232 Å². The number of ether oxygens (including phenoxy) is 2. The summed E-state index contributed by atoms with van der Waals surface area (Å²) in [6.45, 7) is 2.35. The predicted octanol–water partition coefficient (Wildman–Crippen LogP) is 13.7. The molecule has 0 aliphatic rings. The molecule has 3 atom stereocenters. The Morgan fingerprint density at radius 3 is 1.31 bits per heavy atom. The summed E-state index contributed by atoms with van der Waals surface area (Å²) in [4.78, 5) is 35.1. The van der Waals surface area contributed by atoms with Crippen molar-refractivity contribution in [1.29, 1.82) is 0 Å². The Labute approximate surface area is 373 Å². The highest BCUT2D eigenvalue weighted by Gasteiger charge is 2.27. The van der Waals surface area contributed by atoms with Crippen LogP contribution in [-0.4, -0.2) is 65.7 Å². The van der Waals surface area contributed by atoms with Gasteiger partial charge in [-0.2, -0.15) is 0 Å². The maximum absolute atomic E-state index is 12.7. The van der Waals surface area contributed by atoms with E-state index in [0.29, 0.717) is 12.8 Å². The normalized spacial score (nSPS) is 14.1. The molecule has 0 aromatic rings. The van der Waals surface area contributed by atoms with Gasteiger partial charge in [0.2, 0.25) is 0 Å². The number of esters is 2. The topological polar surface area (TPSA) is 149 Å². The first-order chi connectivity index (χ1) is 29.7. The molecule has 1 unspecified atom stereocenters. The minimum absolute atomic E-state index is 0.179. The second-order valence-electron chi connectivity index (χ2n) is 16.5. The molecule has 0 aliphatic heterocycles. The van der Waals surface area contributed by atoms with Crippen LogP contribution in [0.25, 0.3) is 0 Å². The Kier molecular flexibility index (Phi) is 44.4. The van der Waals surface area contributed by atoms with E-state index in [1.54, 1.807) is 0 Å². The standard InChI is InChI=1S/C50H91O10P/c1-3-5-7-9-11-13-15-17-19-21-23-25-27-29-31-33-35-37-39-41-49(53)57-45-48(46-59-61(55,56)58-44-47(52)43-51)60-50(54)42-40-38-36-34-32-30-28-26-24-22-20-18-16-14-12-10-8-6-4-2/h11,13,17,19,23,25,29,31,47-48,51-52H,3-10,12,14-16,18,20-22,24,26-28,30,32-46H2,1-2H3,(H,55,56)/b13-11-,19-17-,25-23-,31-29-/t47-,48+/m0/s1. The van der Waals surface area contributed by atoms with E-state index < -0.39 is 51.8 Å². The van der Waals surface area contributed by atoms with Gasteiger partial charge in [0.25, 0.3) is 0 Å². The second-order valence-corrected chi connectivity index (χ2v) is 17.9. The zero-order chi connectivity index (χ0) is 44.8. The minimum Gasteiger partial charge on any atom is -0.462 e. The lowest BCUT2D eigenvalue weighted by atomic mass is 10.0. The van der Waals surface area contributed by atoms with E-state index in [9.17, 15) is 24.2 Å². The van der Waals surface area contributed by atoms with Crippen LogP contribution in [0.3, 0.4) is 0 Å². The predicted molar refractivity (Wildman–Crippen MR) is 251 cm³/mol. The van der Waals surface area contributed by atoms with Crippen LogP contribution in [0, 0.1) is 0 Å². The van der Waals surface area contributed by atoms with E-state index >= 15 is 0 Å². The van der Waals surface area contributed by atoms with Gasteiger partial charge in [0.15, 0.2) is 6.10 Å². The highest BCUT2D eigenvalue weighted by molar-refractivity contribution is 7.47. The Balaban J connectivity index is 4.26. The van der Waals surface area contributed by atoms with E-state index in [1.807, 2.05) is 0 Å². The summed E-state index contributed by atoms with van der Waals surface area (Å²) in [7, 11) is -4.63. The van der Waals surface area contributed by atoms with Crippen LogP contribution in [0.1, 0.15) is 219 Å². The Hall–Kier alpha value is -2.07. The van der Waals surface area contributed by atoms with Gasteiger partial charge >= 0.3 is 19.8 Å². The summed E-state index contributed by atoms with van der Waals surface area (Å²) >= 11 is 0. The molecule has 0 bridgehead atoms. The Bertz CT molecular complexity index is 1150. The molecule has 10 nitrogen and oxygen atoms in total. The first-order valence-corrected chi connectivity index (χ1v) is 26.1. The molecule has 3 N–H and O–H groups in total. The largest absolute Gasteiger partial charge is 0.472 e. The molecule has 11 heteroatoms. The Morgan fingerprint density at radius 2 is 0.852 bits per heavy atom. The molecule has 0 aromatic carbocycles. The summed E-state index contributed by atoms with van der Waals surface area (Å²) in [6, 6.07) is 0. The van der Waals surface area contributed by atoms with Crippen molar-refractivity contribution in [1.82, 2.24) is 0 Å². The molecule has 61 heavy (non-hydrogen) atoms. The number of aliphatic hydroxyl groups excluding tert-OH is 2. The van der Waals surface area contributed by atoms with Gasteiger partial charge in [0.05, 0.1) is 19.8 Å². The summed E-state index contributed by atoms with van der Waals surface area (Å²) in [5.74, 6) is -0.954. The van der Waals surface area contributed by atoms with Crippen LogP contribution in [0.5, 0.6) is 0 Å². The molecule has 0 heterocycles. The van der Waals surface area contributed by atoms with Gasteiger partial charge in [0.1, 0.15) is 12.7 Å². The number of rotatable bonds is 46. The van der Waals surface area contributed by atoms with E-state index in [4.69, 9.17) is 23.6 Å². The quantitative estimate of drug-likeness (QED) is 0.0233. The molecule has 356 valence electrons. The van der Waals surface area contributed by atoms with Crippen LogP contribution in [-0.2, 0) is 32.7 Å². The molecule has 0 spiro atoms. The SMILES string of the molecule is CCCCC/C=C\C/C=C\C/C=C\C/C=C\CCCCCC(=O)OC[C@H](COP(=O)(O)OC[C@@H](O)CO)OC(=O)CCCCCCCCCCCCCCCCCCCCC. The van der Waals surface area contributed by atoms with Gasteiger partial charge in [-0.25, -0.2) is 4.57 Å². The van der Waals surface area contributed by atoms with Crippen LogP contribution < -0.4 is 0 Å². The van der Waals surface area contributed by atoms with E-state index in [1.165, 1.54) is 122 Å². The third-order valence-corrected chi connectivity index (χ3v) is 11.4. The zero-order valence-electron chi connectivity index (χ0n) is 38.9. The fraction of sp³-hybridized carbons (Fsp3) is 0.800. The average molecular weight is 883 g/mol. The third-order valence-electron chi connectivity index (χ3n) is 10.5. The number of phosphoric acid groups is 1. The smallest absolute Gasteiger partial charge is 0.462 e. The molecular formula is C50H91O10P. The molecule has 0 fully saturated rings. The zero-order valence-corrected chi connectivity index (χ0v) is 39.8. The molecular weight excluding hydrogens is 792 g/mol. The second kappa shape index (κ2) is 45.9. The third kappa shape index (κ3) is 45.8. The van der Waals surface area contributed by atoms with Crippen molar-refractivity contribution >= 4 is 19.8 Å². The summed E-state index contributed by atoms with van der Waals surface area (Å²) in [5.41, 5.74) is 0. The maximum atomic E-state index is 12.7. The van der Waals surface area contributed by atoms with Crippen molar-refractivity contribution in [2.75, 3.05) is 26.4 Å². The van der Waals surface area contributed by atoms with Crippen LogP contribution >= 0.6 is 7.82 Å². The fourth-order valence-electron chi connectivity index (χ4n) is 6.68. The molecule has 0 saturated carbocycles. The number of hydrogen-bond acceptors (Lipinski definition) is 9. The molecule has 0 saturated heterocycles. The van der Waals surface area contributed by atoms with Gasteiger partial charge < -0.3 is 24.6 Å². The van der Waals surface area contributed by atoms with E-state index in [0.717, 1.165) is 57.8 Å². The lowest BCUT2D eigenvalue weighted by molar-refractivity contribution is -0.161. The van der Waals surface area contributed by atoms with Crippen LogP contribution in [0.2, 0.25) is 0 Å². The maximum Gasteiger partial charge on any atom is 0.472 e. The van der Waals surface area contributed by atoms with Crippen molar-refractivity contribution in [2.24, 2.45) is 0 Å². The summed E-state index contributed by atoms with van der Waals surface area (Å²) in [5, 5.41) is 18.4. The fourth-order valence-corrected chi connectivity index (χ4v) is 7.47. The number of allylic oxidation sites excluding steroid dienone is 8.